The first-order valence-corrected chi connectivity index (χ1v) is 5.37. The Kier molecular flexibility index (Phi) is 5.42. The molecule has 1 heterocycles. The summed E-state index contributed by atoms with van der Waals surface area (Å²) in [7, 11) is 0. The molecule has 0 atom stereocenters. The van der Waals surface area contributed by atoms with Gasteiger partial charge in [-0.05, 0) is 19.9 Å². The zero-order chi connectivity index (χ0) is 11.8. The van der Waals surface area contributed by atoms with E-state index in [-0.39, 0.29) is 0 Å². The van der Waals surface area contributed by atoms with E-state index < -0.39 is 0 Å². The van der Waals surface area contributed by atoms with Crippen LogP contribution in [-0.4, -0.2) is 31.4 Å². The van der Waals surface area contributed by atoms with Crippen LogP contribution in [-0.2, 0) is 4.74 Å². The molecular formula is C11H18N2O3. The molecule has 0 fully saturated rings. The van der Waals surface area contributed by atoms with Gasteiger partial charge in [0, 0.05) is 12.7 Å². The van der Waals surface area contributed by atoms with Crippen LogP contribution < -0.4 is 15.2 Å². The van der Waals surface area contributed by atoms with Crippen LogP contribution >= 0.6 is 0 Å². The van der Waals surface area contributed by atoms with Gasteiger partial charge in [0.25, 0.3) is 0 Å². The summed E-state index contributed by atoms with van der Waals surface area (Å²) in [4.78, 5) is 4.13. The maximum absolute atomic E-state index is 5.68. The second-order valence-corrected chi connectivity index (χ2v) is 3.02. The number of pyridine rings is 1. The van der Waals surface area contributed by atoms with Crippen molar-refractivity contribution in [3.8, 4) is 11.8 Å². The van der Waals surface area contributed by atoms with Gasteiger partial charge in [0.2, 0.25) is 11.8 Å². The highest BCUT2D eigenvalue weighted by Crippen LogP contribution is 2.21. The SMILES string of the molecule is CCOCCOc1ccc(N)c(OCC)n1. The van der Waals surface area contributed by atoms with E-state index in [1.54, 1.807) is 12.1 Å². The minimum Gasteiger partial charge on any atom is -0.476 e. The van der Waals surface area contributed by atoms with E-state index in [4.69, 9.17) is 19.9 Å². The summed E-state index contributed by atoms with van der Waals surface area (Å²) in [5.74, 6) is 0.911. The number of nitrogens with zero attached hydrogens (tertiary/aromatic N) is 1. The molecule has 0 aromatic carbocycles. The van der Waals surface area contributed by atoms with Gasteiger partial charge in [-0.3, -0.25) is 0 Å². The van der Waals surface area contributed by atoms with Crippen LogP contribution in [0.15, 0.2) is 12.1 Å². The molecule has 1 aromatic rings. The van der Waals surface area contributed by atoms with Crippen molar-refractivity contribution in [2.75, 3.05) is 32.2 Å². The molecule has 5 nitrogen and oxygen atoms in total. The number of ether oxygens (including phenoxy) is 3. The lowest BCUT2D eigenvalue weighted by atomic mass is 10.4. The fourth-order valence-electron chi connectivity index (χ4n) is 1.12. The second-order valence-electron chi connectivity index (χ2n) is 3.02. The summed E-state index contributed by atoms with van der Waals surface area (Å²) in [5, 5.41) is 0. The average molecular weight is 226 g/mol. The number of hydrogen-bond acceptors (Lipinski definition) is 5. The van der Waals surface area contributed by atoms with E-state index in [1.165, 1.54) is 0 Å². The number of nitrogen functional groups attached to an aromatic ring is 1. The maximum Gasteiger partial charge on any atom is 0.240 e. The molecule has 1 aromatic heterocycles. The van der Waals surface area contributed by atoms with Gasteiger partial charge in [-0.25, -0.2) is 0 Å². The molecule has 5 heteroatoms. The zero-order valence-corrected chi connectivity index (χ0v) is 9.73. The Morgan fingerprint density at radius 1 is 1.12 bits per heavy atom. The lowest BCUT2D eigenvalue weighted by Crippen LogP contribution is -2.08. The van der Waals surface area contributed by atoms with Crippen LogP contribution in [0.1, 0.15) is 13.8 Å². The van der Waals surface area contributed by atoms with Crippen molar-refractivity contribution < 1.29 is 14.2 Å². The minimum absolute atomic E-state index is 0.413. The molecule has 16 heavy (non-hydrogen) atoms. The summed E-state index contributed by atoms with van der Waals surface area (Å²) in [6.45, 7) is 6.05. The number of nitrogens with two attached hydrogens (primary N) is 1. The van der Waals surface area contributed by atoms with Crippen molar-refractivity contribution in [2.45, 2.75) is 13.8 Å². The summed E-state index contributed by atoms with van der Waals surface area (Å²) >= 11 is 0. The van der Waals surface area contributed by atoms with Gasteiger partial charge < -0.3 is 19.9 Å². The summed E-state index contributed by atoms with van der Waals surface area (Å²) in [6.07, 6.45) is 0. The fourth-order valence-corrected chi connectivity index (χ4v) is 1.12. The molecule has 0 radical (unpaired) electrons. The maximum atomic E-state index is 5.68. The smallest absolute Gasteiger partial charge is 0.240 e. The number of anilines is 1. The quantitative estimate of drug-likeness (QED) is 0.713. The highest BCUT2D eigenvalue weighted by molar-refractivity contribution is 5.49. The largest absolute Gasteiger partial charge is 0.476 e. The van der Waals surface area contributed by atoms with Gasteiger partial charge in [0.15, 0.2) is 0 Å². The molecule has 0 bridgehead atoms. The predicted octanol–water partition coefficient (Wildman–Crippen LogP) is 1.48. The molecule has 0 aliphatic rings. The van der Waals surface area contributed by atoms with E-state index in [1.807, 2.05) is 13.8 Å². The minimum atomic E-state index is 0.413. The molecule has 0 amide bonds. The third-order valence-corrected chi connectivity index (χ3v) is 1.83. The first-order chi connectivity index (χ1) is 7.77. The van der Waals surface area contributed by atoms with Crippen molar-refractivity contribution in [3.63, 3.8) is 0 Å². The molecule has 2 N–H and O–H groups in total. The molecular weight excluding hydrogens is 208 g/mol. The van der Waals surface area contributed by atoms with Gasteiger partial charge >= 0.3 is 0 Å². The van der Waals surface area contributed by atoms with Crippen LogP contribution in [0.2, 0.25) is 0 Å². The second kappa shape index (κ2) is 6.90. The predicted molar refractivity (Wildman–Crippen MR) is 61.8 cm³/mol. The lowest BCUT2D eigenvalue weighted by Gasteiger charge is -2.09. The zero-order valence-electron chi connectivity index (χ0n) is 9.73. The first-order valence-electron chi connectivity index (χ1n) is 5.37. The van der Waals surface area contributed by atoms with Crippen molar-refractivity contribution in [1.29, 1.82) is 0 Å². The Hall–Kier alpha value is -1.49. The molecule has 0 unspecified atom stereocenters. The Morgan fingerprint density at radius 3 is 2.62 bits per heavy atom. The van der Waals surface area contributed by atoms with Gasteiger partial charge in [-0.15, -0.1) is 0 Å². The van der Waals surface area contributed by atoms with Crippen molar-refractivity contribution in [2.24, 2.45) is 0 Å². The van der Waals surface area contributed by atoms with Crippen LogP contribution in [0.3, 0.4) is 0 Å². The molecule has 0 spiro atoms. The normalized spacial score (nSPS) is 10.1. The standard InChI is InChI=1S/C11H18N2O3/c1-3-14-7-8-16-10-6-5-9(12)11(13-10)15-4-2/h5-6H,3-4,7-8,12H2,1-2H3. The van der Waals surface area contributed by atoms with Crippen molar-refractivity contribution in [1.82, 2.24) is 4.98 Å². The van der Waals surface area contributed by atoms with Gasteiger partial charge in [-0.2, -0.15) is 4.98 Å². The molecule has 0 aliphatic heterocycles. The van der Waals surface area contributed by atoms with Gasteiger partial charge in [-0.1, -0.05) is 0 Å². The third-order valence-electron chi connectivity index (χ3n) is 1.83. The molecule has 90 valence electrons. The van der Waals surface area contributed by atoms with E-state index in [9.17, 15) is 0 Å². The Morgan fingerprint density at radius 2 is 1.94 bits per heavy atom. The first kappa shape index (κ1) is 12.6. The fraction of sp³-hybridized carbons (Fsp3) is 0.545. The molecule has 0 saturated heterocycles. The van der Waals surface area contributed by atoms with Crippen LogP contribution in [0.4, 0.5) is 5.69 Å². The van der Waals surface area contributed by atoms with Gasteiger partial charge in [0.05, 0.1) is 18.9 Å². The van der Waals surface area contributed by atoms with E-state index >= 15 is 0 Å². The topological polar surface area (TPSA) is 66.6 Å². The van der Waals surface area contributed by atoms with Gasteiger partial charge in [0.1, 0.15) is 6.61 Å². The average Bonchev–Trinajstić information content (AvgIpc) is 2.29. The molecule has 1 rings (SSSR count). The van der Waals surface area contributed by atoms with Crippen LogP contribution in [0.25, 0.3) is 0 Å². The summed E-state index contributed by atoms with van der Waals surface area (Å²) in [5.41, 5.74) is 6.20. The van der Waals surface area contributed by atoms with Crippen LogP contribution in [0.5, 0.6) is 11.8 Å². The summed E-state index contributed by atoms with van der Waals surface area (Å²) < 4.78 is 15.8. The monoisotopic (exact) mass is 226 g/mol. The Balaban J connectivity index is 2.50. The van der Waals surface area contributed by atoms with E-state index in [2.05, 4.69) is 4.98 Å². The number of aromatic nitrogens is 1. The van der Waals surface area contributed by atoms with E-state index in [0.29, 0.717) is 43.9 Å². The molecule has 0 aliphatic carbocycles. The lowest BCUT2D eigenvalue weighted by molar-refractivity contribution is 0.108. The molecule has 0 saturated carbocycles. The number of rotatable bonds is 7. The van der Waals surface area contributed by atoms with Crippen LogP contribution in [0, 0.1) is 0 Å². The van der Waals surface area contributed by atoms with Crippen molar-refractivity contribution >= 4 is 5.69 Å². The Bertz CT molecular complexity index is 318. The Labute approximate surface area is 95.5 Å². The van der Waals surface area contributed by atoms with Crippen molar-refractivity contribution in [3.05, 3.63) is 12.1 Å². The number of hydrogen-bond donors (Lipinski definition) is 1. The van der Waals surface area contributed by atoms with E-state index in [0.717, 1.165) is 0 Å². The highest BCUT2D eigenvalue weighted by Gasteiger charge is 2.04. The third kappa shape index (κ3) is 3.94. The summed E-state index contributed by atoms with van der Waals surface area (Å²) in [6, 6.07) is 3.43. The highest BCUT2D eigenvalue weighted by atomic mass is 16.5.